The number of hydrogen-bond donors (Lipinski definition) is 3. The zero-order valence-electron chi connectivity index (χ0n) is 17.5. The molecule has 0 atom stereocenters. The van der Waals surface area contributed by atoms with E-state index in [1.165, 1.54) is 0 Å². The van der Waals surface area contributed by atoms with Gasteiger partial charge in [-0.25, -0.2) is 23.7 Å². The summed E-state index contributed by atoms with van der Waals surface area (Å²) in [5.74, 6) is -5.92. The fraction of sp³-hybridized carbons (Fsp3) is 0.150. The van der Waals surface area contributed by atoms with Gasteiger partial charge in [-0.15, -0.1) is 0 Å². The molecule has 0 bridgehead atoms. The lowest BCUT2D eigenvalue weighted by Gasteiger charge is -2.14. The Labute approximate surface area is 197 Å². The van der Waals surface area contributed by atoms with Gasteiger partial charge < -0.3 is 15.6 Å². The van der Waals surface area contributed by atoms with Crippen molar-refractivity contribution in [3.05, 3.63) is 65.0 Å². The summed E-state index contributed by atoms with van der Waals surface area (Å²) in [6, 6.07) is 3.18. The van der Waals surface area contributed by atoms with Crippen LogP contribution in [0.25, 0.3) is 11.3 Å². The SMILES string of the molecule is Fc1cc(Nc2nc3nc(C(F)(F)F)[nH]c3nc2Nc2ccc(C(F)(F)F)c(F)c2)ccc1C(F)(F)F. The van der Waals surface area contributed by atoms with Crippen molar-refractivity contribution in [2.24, 2.45) is 0 Å². The van der Waals surface area contributed by atoms with Crippen LogP contribution in [-0.2, 0) is 18.5 Å². The maximum atomic E-state index is 14.0. The minimum absolute atomic E-state index is 0.351. The lowest BCUT2D eigenvalue weighted by molar-refractivity contribution is -0.144. The largest absolute Gasteiger partial charge is 0.449 e. The summed E-state index contributed by atoms with van der Waals surface area (Å²) in [5, 5.41) is 4.71. The first kappa shape index (κ1) is 25.9. The Balaban J connectivity index is 1.78. The Morgan fingerprint density at radius 2 is 1.05 bits per heavy atom. The molecule has 4 rings (SSSR count). The van der Waals surface area contributed by atoms with Gasteiger partial charge >= 0.3 is 18.5 Å². The fourth-order valence-corrected chi connectivity index (χ4v) is 3.06. The van der Waals surface area contributed by atoms with Crippen molar-refractivity contribution in [3.8, 4) is 0 Å². The molecule has 0 aliphatic rings. The fourth-order valence-electron chi connectivity index (χ4n) is 3.06. The Kier molecular flexibility index (Phi) is 6.12. The summed E-state index contributed by atoms with van der Waals surface area (Å²) in [6.07, 6.45) is -15.0. The van der Waals surface area contributed by atoms with Crippen molar-refractivity contribution < 1.29 is 48.3 Å². The second-order valence-electron chi connectivity index (χ2n) is 7.31. The van der Waals surface area contributed by atoms with Crippen LogP contribution in [0.5, 0.6) is 0 Å². The Morgan fingerprint density at radius 3 is 1.46 bits per heavy atom. The molecule has 196 valence electrons. The normalized spacial score (nSPS) is 12.7. The lowest BCUT2D eigenvalue weighted by atomic mass is 10.2. The molecule has 2 aromatic carbocycles. The van der Waals surface area contributed by atoms with Gasteiger partial charge in [0.2, 0.25) is 5.82 Å². The molecule has 17 heteroatoms. The number of halogens is 11. The third kappa shape index (κ3) is 5.49. The van der Waals surface area contributed by atoms with Gasteiger partial charge in [-0.2, -0.15) is 39.5 Å². The first-order chi connectivity index (χ1) is 17.0. The topological polar surface area (TPSA) is 78.5 Å². The predicted molar refractivity (Wildman–Crippen MR) is 106 cm³/mol. The monoisotopic (exact) mass is 542 g/mol. The number of fused-ring (bicyclic) bond motifs is 1. The van der Waals surface area contributed by atoms with Crippen LogP contribution in [0.1, 0.15) is 17.0 Å². The van der Waals surface area contributed by atoms with Crippen molar-refractivity contribution >= 4 is 34.3 Å². The zero-order chi connectivity index (χ0) is 27.3. The summed E-state index contributed by atoms with van der Waals surface area (Å²) >= 11 is 0. The van der Waals surface area contributed by atoms with Gasteiger partial charge in [0.15, 0.2) is 22.9 Å². The highest BCUT2D eigenvalue weighted by Crippen LogP contribution is 2.36. The zero-order valence-corrected chi connectivity index (χ0v) is 17.5. The number of anilines is 4. The minimum atomic E-state index is -5.01. The van der Waals surface area contributed by atoms with Crippen molar-refractivity contribution in [2.75, 3.05) is 10.6 Å². The number of H-pyrrole nitrogens is 1. The predicted octanol–water partition coefficient (Wildman–Crippen LogP) is 7.17. The molecule has 0 saturated carbocycles. The number of benzene rings is 2. The van der Waals surface area contributed by atoms with Crippen LogP contribution in [-0.4, -0.2) is 19.9 Å². The standard InChI is InChI=1S/C20H9F11N6/c21-11-5-7(1-3-9(11)18(23,24)25)32-13-14(33-8-2-4-10(12(22)6-8)19(26,27)28)35-16-15(34-13)36-17(37-16)20(29,30)31/h1-6H,(H3,32,33,34,35,36,37). The van der Waals surface area contributed by atoms with Crippen molar-refractivity contribution in [1.29, 1.82) is 0 Å². The third-order valence-corrected chi connectivity index (χ3v) is 4.67. The van der Waals surface area contributed by atoms with E-state index in [0.29, 0.717) is 24.3 Å². The van der Waals surface area contributed by atoms with Crippen molar-refractivity contribution in [1.82, 2.24) is 19.9 Å². The Bertz CT molecular complexity index is 1370. The molecule has 37 heavy (non-hydrogen) atoms. The number of imidazole rings is 1. The molecule has 0 aliphatic heterocycles. The molecule has 3 N–H and O–H groups in total. The molecule has 0 saturated heterocycles. The summed E-state index contributed by atoms with van der Waals surface area (Å²) in [5.41, 5.74) is -5.07. The summed E-state index contributed by atoms with van der Waals surface area (Å²) in [4.78, 5) is 12.7. The molecule has 0 fully saturated rings. The molecule has 4 aromatic rings. The minimum Gasteiger partial charge on any atom is -0.337 e. The second kappa shape index (κ2) is 8.74. The van der Waals surface area contributed by atoms with Crippen LogP contribution < -0.4 is 10.6 Å². The molecule has 0 radical (unpaired) electrons. The number of nitrogens with one attached hydrogen (secondary N) is 3. The number of nitrogens with zero attached hydrogens (tertiary/aromatic N) is 3. The van der Waals surface area contributed by atoms with E-state index >= 15 is 0 Å². The first-order valence-corrected chi connectivity index (χ1v) is 9.65. The third-order valence-electron chi connectivity index (χ3n) is 4.67. The van der Waals surface area contributed by atoms with E-state index in [9.17, 15) is 48.3 Å². The molecule has 0 amide bonds. The highest BCUT2D eigenvalue weighted by Gasteiger charge is 2.36. The van der Waals surface area contributed by atoms with Gasteiger partial charge in [0.25, 0.3) is 0 Å². The van der Waals surface area contributed by atoms with Crippen LogP contribution in [0.2, 0.25) is 0 Å². The highest BCUT2D eigenvalue weighted by atomic mass is 19.4. The molecule has 2 heterocycles. The Morgan fingerprint density at radius 1 is 0.595 bits per heavy atom. The molecule has 0 spiro atoms. The van der Waals surface area contributed by atoms with Gasteiger partial charge in [-0.05, 0) is 36.4 Å². The maximum absolute atomic E-state index is 14.0. The van der Waals surface area contributed by atoms with Crippen LogP contribution in [0, 0.1) is 11.6 Å². The van der Waals surface area contributed by atoms with E-state index in [4.69, 9.17) is 0 Å². The van der Waals surface area contributed by atoms with Gasteiger partial charge in [-0.1, -0.05) is 0 Å². The van der Waals surface area contributed by atoms with Crippen LogP contribution in [0.15, 0.2) is 36.4 Å². The summed E-state index contributed by atoms with van der Waals surface area (Å²) < 4.78 is 144. The van der Waals surface area contributed by atoms with Gasteiger partial charge in [0.05, 0.1) is 11.1 Å². The van der Waals surface area contributed by atoms with Gasteiger partial charge in [0.1, 0.15) is 11.6 Å². The Hall–Kier alpha value is -4.18. The summed E-state index contributed by atoms with van der Waals surface area (Å²) in [6.45, 7) is 0. The van der Waals surface area contributed by atoms with Crippen LogP contribution >= 0.6 is 0 Å². The molecular formula is C20H9F11N6. The second-order valence-corrected chi connectivity index (χ2v) is 7.31. The number of rotatable bonds is 4. The van der Waals surface area contributed by atoms with E-state index in [0.717, 1.165) is 12.1 Å². The average molecular weight is 542 g/mol. The lowest BCUT2D eigenvalue weighted by Crippen LogP contribution is -2.09. The molecule has 0 aliphatic carbocycles. The van der Waals surface area contributed by atoms with Crippen molar-refractivity contribution in [2.45, 2.75) is 18.5 Å². The molecule has 0 unspecified atom stereocenters. The maximum Gasteiger partial charge on any atom is 0.449 e. The molecule has 2 aromatic heterocycles. The highest BCUT2D eigenvalue weighted by molar-refractivity contribution is 5.80. The van der Waals surface area contributed by atoms with E-state index in [-0.39, 0.29) is 11.4 Å². The van der Waals surface area contributed by atoms with Gasteiger partial charge in [-0.3, -0.25) is 0 Å². The number of aromatic amines is 1. The van der Waals surface area contributed by atoms with E-state index in [1.54, 1.807) is 0 Å². The van der Waals surface area contributed by atoms with E-state index < -0.39 is 70.0 Å². The van der Waals surface area contributed by atoms with Crippen LogP contribution in [0.3, 0.4) is 0 Å². The number of aromatic nitrogens is 4. The smallest absolute Gasteiger partial charge is 0.337 e. The average Bonchev–Trinajstić information content (AvgIpc) is 3.15. The van der Waals surface area contributed by atoms with Crippen LogP contribution in [0.4, 0.5) is 71.3 Å². The van der Waals surface area contributed by atoms with E-state index in [1.807, 2.05) is 4.98 Å². The number of alkyl halides is 9. The van der Waals surface area contributed by atoms with Gasteiger partial charge in [0, 0.05) is 11.4 Å². The number of hydrogen-bond acceptors (Lipinski definition) is 5. The molecule has 6 nitrogen and oxygen atoms in total. The first-order valence-electron chi connectivity index (χ1n) is 9.65. The quantitative estimate of drug-likeness (QED) is 0.238. The molecular weight excluding hydrogens is 533 g/mol. The van der Waals surface area contributed by atoms with Crippen molar-refractivity contribution in [3.63, 3.8) is 0 Å². The summed E-state index contributed by atoms with van der Waals surface area (Å²) in [7, 11) is 0. The van der Waals surface area contributed by atoms with E-state index in [2.05, 4.69) is 25.6 Å².